The second kappa shape index (κ2) is 5.72. The fraction of sp³-hybridized carbons (Fsp3) is 0.769. The number of aryl methyl sites for hydroxylation is 2. The predicted octanol–water partition coefficient (Wildman–Crippen LogP) is 2.31. The summed E-state index contributed by atoms with van der Waals surface area (Å²) in [6, 6.07) is 0. The number of hydrogen-bond acceptors (Lipinski definition) is 3. The van der Waals surface area contributed by atoms with Crippen LogP contribution in [0.1, 0.15) is 31.2 Å². The van der Waals surface area contributed by atoms with Gasteiger partial charge in [-0.05, 0) is 49.0 Å². The molecule has 1 aliphatic rings. The van der Waals surface area contributed by atoms with Crippen LogP contribution in [0.3, 0.4) is 0 Å². The molecule has 0 spiro atoms. The molecule has 0 aliphatic carbocycles. The third kappa shape index (κ3) is 2.63. The number of aliphatic hydroxyl groups is 1. The Bertz CT molecular complexity index is 411. The van der Waals surface area contributed by atoms with Crippen LogP contribution in [0.4, 0.5) is 0 Å². The third-order valence-corrected chi connectivity index (χ3v) is 4.92. The van der Waals surface area contributed by atoms with Gasteiger partial charge in [-0.3, -0.25) is 4.68 Å². The zero-order chi connectivity index (χ0) is 13.2. The number of aromatic nitrogens is 2. The van der Waals surface area contributed by atoms with E-state index in [0.29, 0.717) is 0 Å². The lowest BCUT2D eigenvalue weighted by molar-refractivity contribution is -0.0168. The first-order chi connectivity index (χ1) is 8.62. The maximum Gasteiger partial charge on any atom is 0.0738 e. The number of hydrogen-bond donors (Lipinski definition) is 1. The summed E-state index contributed by atoms with van der Waals surface area (Å²) in [6.45, 7) is 6.68. The van der Waals surface area contributed by atoms with Crippen LogP contribution in [0.5, 0.6) is 0 Å². The van der Waals surface area contributed by atoms with Crippen molar-refractivity contribution in [2.75, 3.05) is 19.8 Å². The van der Waals surface area contributed by atoms with Gasteiger partial charge in [0.1, 0.15) is 0 Å². The van der Waals surface area contributed by atoms with Gasteiger partial charge >= 0.3 is 0 Å². The molecule has 4 nitrogen and oxygen atoms in total. The first-order valence-electron chi connectivity index (χ1n) is 6.52. The summed E-state index contributed by atoms with van der Waals surface area (Å²) >= 11 is 3.63. The molecule has 18 heavy (non-hydrogen) atoms. The lowest BCUT2D eigenvalue weighted by Crippen LogP contribution is -2.35. The molecular weight excluding hydrogens is 296 g/mol. The molecule has 1 N–H and O–H groups in total. The van der Waals surface area contributed by atoms with E-state index in [0.717, 1.165) is 49.2 Å². The fourth-order valence-electron chi connectivity index (χ4n) is 2.59. The SMILES string of the molecule is CCn1nc(C)c(Br)c1CC1(CO)CCOCC1. The number of halogens is 1. The molecular formula is C13H21BrN2O2. The van der Waals surface area contributed by atoms with Crippen molar-refractivity contribution in [3.05, 3.63) is 15.9 Å². The minimum absolute atomic E-state index is 0.0415. The van der Waals surface area contributed by atoms with Crippen molar-refractivity contribution in [3.63, 3.8) is 0 Å². The standard InChI is InChI=1S/C13H21BrN2O2/c1-3-16-11(12(14)10(2)15-16)8-13(9-17)4-6-18-7-5-13/h17H,3-9H2,1-2H3. The molecule has 2 rings (SSSR count). The van der Waals surface area contributed by atoms with Crippen LogP contribution in [0, 0.1) is 12.3 Å². The van der Waals surface area contributed by atoms with Gasteiger partial charge in [0.05, 0.1) is 15.9 Å². The van der Waals surface area contributed by atoms with Crippen LogP contribution < -0.4 is 0 Å². The van der Waals surface area contributed by atoms with Crippen molar-refractivity contribution in [2.45, 2.75) is 39.7 Å². The van der Waals surface area contributed by atoms with Crippen LogP contribution in [0.25, 0.3) is 0 Å². The first-order valence-corrected chi connectivity index (χ1v) is 7.31. The highest BCUT2D eigenvalue weighted by Crippen LogP contribution is 2.36. The quantitative estimate of drug-likeness (QED) is 0.927. The summed E-state index contributed by atoms with van der Waals surface area (Å²) in [5.74, 6) is 0. The Balaban J connectivity index is 2.26. The van der Waals surface area contributed by atoms with Gasteiger partial charge in [0.15, 0.2) is 0 Å². The van der Waals surface area contributed by atoms with Crippen LogP contribution in [-0.2, 0) is 17.7 Å². The zero-order valence-corrected chi connectivity index (χ0v) is 12.7. The normalized spacial score (nSPS) is 19.1. The average Bonchev–Trinajstić information content (AvgIpc) is 2.67. The van der Waals surface area contributed by atoms with E-state index in [9.17, 15) is 5.11 Å². The van der Waals surface area contributed by atoms with Crippen molar-refractivity contribution in [1.82, 2.24) is 9.78 Å². The molecule has 1 saturated heterocycles. The highest BCUT2D eigenvalue weighted by atomic mass is 79.9. The van der Waals surface area contributed by atoms with Crippen molar-refractivity contribution < 1.29 is 9.84 Å². The third-order valence-electron chi connectivity index (χ3n) is 3.88. The van der Waals surface area contributed by atoms with E-state index in [1.807, 2.05) is 11.6 Å². The summed E-state index contributed by atoms with van der Waals surface area (Å²) in [7, 11) is 0. The van der Waals surface area contributed by atoms with Crippen LogP contribution >= 0.6 is 15.9 Å². The van der Waals surface area contributed by atoms with Gasteiger partial charge in [0.2, 0.25) is 0 Å². The van der Waals surface area contributed by atoms with Gasteiger partial charge < -0.3 is 9.84 Å². The molecule has 1 fully saturated rings. The summed E-state index contributed by atoms with van der Waals surface area (Å²) in [6.07, 6.45) is 2.70. The Morgan fingerprint density at radius 1 is 1.44 bits per heavy atom. The topological polar surface area (TPSA) is 47.3 Å². The average molecular weight is 317 g/mol. The zero-order valence-electron chi connectivity index (χ0n) is 11.1. The van der Waals surface area contributed by atoms with E-state index in [1.165, 1.54) is 5.69 Å². The van der Waals surface area contributed by atoms with Crippen LogP contribution in [-0.4, -0.2) is 34.7 Å². The molecule has 5 heteroatoms. The maximum atomic E-state index is 9.76. The van der Waals surface area contributed by atoms with Crippen molar-refractivity contribution >= 4 is 15.9 Å². The Labute approximate surface area is 116 Å². The Hall–Kier alpha value is -0.390. The molecule has 0 atom stereocenters. The van der Waals surface area contributed by atoms with E-state index < -0.39 is 0 Å². The molecule has 0 saturated carbocycles. The van der Waals surface area contributed by atoms with Gasteiger partial charge in [-0.25, -0.2) is 0 Å². The number of rotatable bonds is 4. The molecule has 2 heterocycles. The summed E-state index contributed by atoms with van der Waals surface area (Å²) in [4.78, 5) is 0. The fourth-order valence-corrected chi connectivity index (χ4v) is 3.01. The van der Waals surface area contributed by atoms with E-state index in [-0.39, 0.29) is 12.0 Å². The van der Waals surface area contributed by atoms with Crippen LogP contribution in [0.2, 0.25) is 0 Å². The number of nitrogens with zero attached hydrogens (tertiary/aromatic N) is 2. The molecule has 0 aromatic carbocycles. The van der Waals surface area contributed by atoms with Crippen molar-refractivity contribution in [2.24, 2.45) is 5.41 Å². The van der Waals surface area contributed by atoms with Crippen molar-refractivity contribution in [3.8, 4) is 0 Å². The largest absolute Gasteiger partial charge is 0.396 e. The van der Waals surface area contributed by atoms with Gasteiger partial charge in [-0.2, -0.15) is 5.10 Å². The van der Waals surface area contributed by atoms with E-state index in [2.05, 4.69) is 28.0 Å². The van der Waals surface area contributed by atoms with Crippen molar-refractivity contribution in [1.29, 1.82) is 0 Å². The Morgan fingerprint density at radius 3 is 2.67 bits per heavy atom. The maximum absolute atomic E-state index is 9.76. The highest BCUT2D eigenvalue weighted by molar-refractivity contribution is 9.10. The minimum Gasteiger partial charge on any atom is -0.396 e. The molecule has 102 valence electrons. The molecule has 1 aliphatic heterocycles. The summed E-state index contributed by atoms with van der Waals surface area (Å²) in [5, 5.41) is 14.3. The minimum atomic E-state index is -0.0415. The second-order valence-corrected chi connectivity index (χ2v) is 5.90. The molecule has 1 aromatic heterocycles. The summed E-state index contributed by atoms with van der Waals surface area (Å²) in [5.41, 5.74) is 2.18. The van der Waals surface area contributed by atoms with Gasteiger partial charge in [0.25, 0.3) is 0 Å². The van der Waals surface area contributed by atoms with E-state index in [1.54, 1.807) is 0 Å². The number of aliphatic hydroxyl groups excluding tert-OH is 1. The van der Waals surface area contributed by atoms with Crippen LogP contribution in [0.15, 0.2) is 4.47 Å². The monoisotopic (exact) mass is 316 g/mol. The molecule has 1 aromatic rings. The molecule has 0 amide bonds. The van der Waals surface area contributed by atoms with Gasteiger partial charge in [0, 0.05) is 31.8 Å². The first kappa shape index (κ1) is 14.0. The molecule has 0 unspecified atom stereocenters. The second-order valence-electron chi connectivity index (χ2n) is 5.11. The molecule has 0 bridgehead atoms. The molecule has 0 radical (unpaired) electrons. The lowest BCUT2D eigenvalue weighted by Gasteiger charge is -2.35. The smallest absolute Gasteiger partial charge is 0.0738 e. The highest BCUT2D eigenvalue weighted by Gasteiger charge is 2.34. The predicted molar refractivity (Wildman–Crippen MR) is 73.6 cm³/mol. The van der Waals surface area contributed by atoms with Gasteiger partial charge in [-0.15, -0.1) is 0 Å². The summed E-state index contributed by atoms with van der Waals surface area (Å²) < 4.78 is 8.53. The van der Waals surface area contributed by atoms with Gasteiger partial charge in [-0.1, -0.05) is 0 Å². The Morgan fingerprint density at radius 2 is 2.11 bits per heavy atom. The number of ether oxygens (including phenoxy) is 1. The Kier molecular flexibility index (Phi) is 4.45. The van der Waals surface area contributed by atoms with E-state index >= 15 is 0 Å². The van der Waals surface area contributed by atoms with E-state index in [4.69, 9.17) is 4.74 Å². The lowest BCUT2D eigenvalue weighted by atomic mass is 9.77.